The van der Waals surface area contributed by atoms with Crippen molar-refractivity contribution in [2.75, 3.05) is 0 Å². The summed E-state index contributed by atoms with van der Waals surface area (Å²) in [6, 6.07) is 13.4. The van der Waals surface area contributed by atoms with Gasteiger partial charge in [-0.25, -0.2) is 0 Å². The van der Waals surface area contributed by atoms with Crippen LogP contribution in [0.4, 0.5) is 0 Å². The minimum absolute atomic E-state index is 0.171. The Balaban J connectivity index is 2.01. The van der Waals surface area contributed by atoms with E-state index in [0.717, 1.165) is 29.2 Å². The van der Waals surface area contributed by atoms with E-state index >= 15 is 0 Å². The van der Waals surface area contributed by atoms with Crippen molar-refractivity contribution in [3.63, 3.8) is 0 Å². The molecule has 1 atom stereocenters. The van der Waals surface area contributed by atoms with E-state index in [1.807, 2.05) is 49.4 Å². The number of hydrogen-bond acceptors (Lipinski definition) is 2. The lowest BCUT2D eigenvalue weighted by Crippen LogP contribution is -2.44. The third-order valence-corrected chi connectivity index (χ3v) is 3.70. The summed E-state index contributed by atoms with van der Waals surface area (Å²) in [6.07, 6.45) is 2.67. The summed E-state index contributed by atoms with van der Waals surface area (Å²) in [5.74, 6) is -0.643. The maximum atomic E-state index is 12.1. The molecule has 4 nitrogen and oxygen atoms in total. The van der Waals surface area contributed by atoms with Crippen LogP contribution in [0.3, 0.4) is 0 Å². The highest BCUT2D eigenvalue weighted by Gasteiger charge is 2.17. The summed E-state index contributed by atoms with van der Waals surface area (Å²) in [4.78, 5) is 23.5. The fourth-order valence-electron chi connectivity index (χ4n) is 2.47. The Morgan fingerprint density at radius 3 is 2.55 bits per heavy atom. The van der Waals surface area contributed by atoms with E-state index in [9.17, 15) is 9.59 Å². The maximum absolute atomic E-state index is 12.1. The molecular formula is C18H22N2O2. The van der Waals surface area contributed by atoms with E-state index in [4.69, 9.17) is 5.73 Å². The second kappa shape index (κ2) is 7.59. The smallest absolute Gasteiger partial charge is 0.239 e. The first kappa shape index (κ1) is 16.0. The Bertz CT molecular complexity index is 667. The summed E-state index contributed by atoms with van der Waals surface area (Å²) in [5.41, 5.74) is 6.27. The Morgan fingerprint density at radius 2 is 1.86 bits per heavy atom. The van der Waals surface area contributed by atoms with Crippen LogP contribution < -0.4 is 11.1 Å². The average molecular weight is 298 g/mol. The van der Waals surface area contributed by atoms with Crippen LogP contribution in [-0.4, -0.2) is 17.9 Å². The fraction of sp³-hybridized carbons (Fsp3) is 0.333. The van der Waals surface area contributed by atoms with Gasteiger partial charge in [-0.15, -0.1) is 0 Å². The van der Waals surface area contributed by atoms with Crippen molar-refractivity contribution in [2.24, 2.45) is 5.73 Å². The highest BCUT2D eigenvalue weighted by atomic mass is 16.2. The van der Waals surface area contributed by atoms with Crippen molar-refractivity contribution in [1.29, 1.82) is 0 Å². The van der Waals surface area contributed by atoms with Gasteiger partial charge < -0.3 is 11.1 Å². The van der Waals surface area contributed by atoms with E-state index in [2.05, 4.69) is 5.32 Å². The lowest BCUT2D eigenvalue weighted by atomic mass is 10.0. The molecular weight excluding hydrogens is 276 g/mol. The van der Waals surface area contributed by atoms with Crippen molar-refractivity contribution >= 4 is 22.6 Å². The van der Waals surface area contributed by atoms with Crippen LogP contribution in [0.5, 0.6) is 0 Å². The summed E-state index contributed by atoms with van der Waals surface area (Å²) < 4.78 is 0. The second-order valence-corrected chi connectivity index (χ2v) is 5.52. The molecule has 4 heteroatoms. The summed E-state index contributed by atoms with van der Waals surface area (Å²) in [7, 11) is 0. The van der Waals surface area contributed by atoms with Crippen LogP contribution in [0.25, 0.3) is 10.8 Å². The third kappa shape index (κ3) is 4.32. The first-order chi connectivity index (χ1) is 10.6. The molecule has 0 aliphatic heterocycles. The van der Waals surface area contributed by atoms with Crippen molar-refractivity contribution < 1.29 is 9.59 Å². The van der Waals surface area contributed by atoms with E-state index in [1.54, 1.807) is 0 Å². The van der Waals surface area contributed by atoms with Crippen LogP contribution in [0.2, 0.25) is 0 Å². The van der Waals surface area contributed by atoms with Gasteiger partial charge in [0, 0.05) is 0 Å². The second-order valence-electron chi connectivity index (χ2n) is 5.52. The standard InChI is InChI=1S/C18H22N2O2/c1-2-3-8-16(18(19)22)20-17(21)12-13-9-10-14-6-4-5-7-15(14)11-13/h4-7,9-11,16H,2-3,8,12H2,1H3,(H2,19,22)(H,20,21)/t16-/m0/s1. The Morgan fingerprint density at radius 1 is 1.14 bits per heavy atom. The number of benzene rings is 2. The van der Waals surface area contributed by atoms with Crippen LogP contribution >= 0.6 is 0 Å². The minimum Gasteiger partial charge on any atom is -0.368 e. The van der Waals surface area contributed by atoms with E-state index in [0.29, 0.717) is 6.42 Å². The van der Waals surface area contributed by atoms with Crippen LogP contribution in [0.15, 0.2) is 42.5 Å². The van der Waals surface area contributed by atoms with Gasteiger partial charge in [0.2, 0.25) is 11.8 Å². The number of hydrogen-bond donors (Lipinski definition) is 2. The molecule has 0 unspecified atom stereocenters. The number of primary amides is 1. The zero-order valence-electron chi connectivity index (χ0n) is 12.8. The van der Waals surface area contributed by atoms with Crippen molar-refractivity contribution in [2.45, 2.75) is 38.6 Å². The molecule has 2 rings (SSSR count). The third-order valence-electron chi connectivity index (χ3n) is 3.70. The van der Waals surface area contributed by atoms with E-state index < -0.39 is 11.9 Å². The molecule has 0 spiro atoms. The quantitative estimate of drug-likeness (QED) is 0.824. The zero-order chi connectivity index (χ0) is 15.9. The molecule has 0 bridgehead atoms. The molecule has 0 saturated carbocycles. The molecule has 0 fully saturated rings. The van der Waals surface area contributed by atoms with Gasteiger partial charge in [0.1, 0.15) is 6.04 Å². The number of carbonyl (C=O) groups is 2. The van der Waals surface area contributed by atoms with Crippen molar-refractivity contribution in [3.8, 4) is 0 Å². The highest BCUT2D eigenvalue weighted by Crippen LogP contribution is 2.16. The molecule has 0 aromatic heterocycles. The fourth-order valence-corrected chi connectivity index (χ4v) is 2.47. The van der Waals surface area contributed by atoms with E-state index in [-0.39, 0.29) is 12.3 Å². The van der Waals surface area contributed by atoms with Gasteiger partial charge in [0.05, 0.1) is 6.42 Å². The number of fused-ring (bicyclic) bond motifs is 1. The van der Waals surface area contributed by atoms with E-state index in [1.165, 1.54) is 0 Å². The SMILES string of the molecule is CCCC[C@H](NC(=O)Cc1ccc2ccccc2c1)C(N)=O. The highest BCUT2D eigenvalue weighted by molar-refractivity contribution is 5.88. The van der Waals surface area contributed by atoms with Crippen LogP contribution in [0.1, 0.15) is 31.7 Å². The molecule has 2 amide bonds. The Labute approximate surface area is 130 Å². The molecule has 116 valence electrons. The number of nitrogens with two attached hydrogens (primary N) is 1. The Kier molecular flexibility index (Phi) is 5.53. The molecule has 0 aliphatic rings. The summed E-state index contributed by atoms with van der Waals surface area (Å²) >= 11 is 0. The molecule has 0 radical (unpaired) electrons. The van der Waals surface area contributed by atoms with Gasteiger partial charge in [-0.05, 0) is 22.8 Å². The number of amides is 2. The molecule has 2 aromatic rings. The monoisotopic (exact) mass is 298 g/mol. The predicted molar refractivity (Wildman–Crippen MR) is 88.3 cm³/mol. The lowest BCUT2D eigenvalue weighted by molar-refractivity contribution is -0.127. The number of unbranched alkanes of at least 4 members (excludes halogenated alkanes) is 1. The number of rotatable bonds is 7. The average Bonchev–Trinajstić information content (AvgIpc) is 2.51. The predicted octanol–water partition coefficient (Wildman–Crippen LogP) is 2.54. The Hall–Kier alpha value is -2.36. The minimum atomic E-state index is -0.576. The summed E-state index contributed by atoms with van der Waals surface area (Å²) in [6.45, 7) is 2.04. The molecule has 22 heavy (non-hydrogen) atoms. The van der Waals surface area contributed by atoms with Crippen LogP contribution in [0, 0.1) is 0 Å². The molecule has 0 heterocycles. The zero-order valence-corrected chi connectivity index (χ0v) is 12.8. The first-order valence-electron chi connectivity index (χ1n) is 7.66. The summed E-state index contributed by atoms with van der Waals surface area (Å²) in [5, 5.41) is 4.98. The van der Waals surface area contributed by atoms with Crippen LogP contribution in [-0.2, 0) is 16.0 Å². The number of carbonyl (C=O) groups excluding carboxylic acids is 2. The normalized spacial score (nSPS) is 12.0. The lowest BCUT2D eigenvalue weighted by Gasteiger charge is -2.15. The molecule has 3 N–H and O–H groups in total. The van der Waals surface area contributed by atoms with Gasteiger partial charge in [0.25, 0.3) is 0 Å². The van der Waals surface area contributed by atoms with Gasteiger partial charge in [0.15, 0.2) is 0 Å². The topological polar surface area (TPSA) is 72.2 Å². The number of nitrogens with one attached hydrogen (secondary N) is 1. The van der Waals surface area contributed by atoms with Gasteiger partial charge in [-0.2, -0.15) is 0 Å². The van der Waals surface area contributed by atoms with Gasteiger partial charge >= 0.3 is 0 Å². The van der Waals surface area contributed by atoms with Crippen molar-refractivity contribution in [3.05, 3.63) is 48.0 Å². The van der Waals surface area contributed by atoms with Crippen molar-refractivity contribution in [1.82, 2.24) is 5.32 Å². The molecule has 0 saturated heterocycles. The maximum Gasteiger partial charge on any atom is 0.239 e. The first-order valence-corrected chi connectivity index (χ1v) is 7.66. The van der Waals surface area contributed by atoms with Gasteiger partial charge in [-0.3, -0.25) is 9.59 Å². The largest absolute Gasteiger partial charge is 0.368 e. The van der Waals surface area contributed by atoms with Gasteiger partial charge in [-0.1, -0.05) is 62.2 Å². The molecule has 2 aromatic carbocycles. The molecule has 0 aliphatic carbocycles.